The van der Waals surface area contributed by atoms with Gasteiger partial charge in [0, 0.05) is 5.39 Å². The molecule has 5 heteroatoms. The number of benzene rings is 1. The lowest BCUT2D eigenvalue weighted by atomic mass is 10.2. The highest BCUT2D eigenvalue weighted by Gasteiger charge is 2.12. The van der Waals surface area contributed by atoms with E-state index < -0.39 is 0 Å². The summed E-state index contributed by atoms with van der Waals surface area (Å²) in [6.07, 6.45) is 1.50. The lowest BCUT2D eigenvalue weighted by molar-refractivity contribution is 0.653. The maximum absolute atomic E-state index is 8.59. The predicted octanol–water partition coefficient (Wildman–Crippen LogP) is 2.99. The zero-order valence-electron chi connectivity index (χ0n) is 8.75. The topological polar surface area (TPSA) is 62.7 Å². The van der Waals surface area contributed by atoms with Crippen molar-refractivity contribution in [2.45, 2.75) is 5.03 Å². The molecule has 0 atom stereocenters. The van der Waals surface area contributed by atoms with Crippen molar-refractivity contribution in [1.29, 1.82) is 5.26 Å². The molecule has 0 unspecified atom stereocenters. The molecule has 1 aromatic carbocycles. The van der Waals surface area contributed by atoms with E-state index in [-0.39, 0.29) is 0 Å². The molecule has 0 bridgehead atoms. The average molecular weight is 241 g/mol. The van der Waals surface area contributed by atoms with Crippen LogP contribution in [-0.4, -0.2) is 15.7 Å². The number of nitrogens with zero attached hydrogens (tertiary/aromatic N) is 3. The van der Waals surface area contributed by atoms with E-state index in [1.807, 2.05) is 24.3 Å². The number of nitriles is 1. The molecule has 0 saturated carbocycles. The van der Waals surface area contributed by atoms with Crippen LogP contribution in [0.15, 0.2) is 40.0 Å². The van der Waals surface area contributed by atoms with Crippen LogP contribution in [0.4, 0.5) is 0 Å². The number of thioether (sulfide) groups is 1. The van der Waals surface area contributed by atoms with Gasteiger partial charge in [-0.25, -0.2) is 9.97 Å². The van der Waals surface area contributed by atoms with Gasteiger partial charge in [-0.3, -0.25) is 0 Å². The van der Waals surface area contributed by atoms with Crippen LogP contribution in [0.5, 0.6) is 0 Å². The smallest absolute Gasteiger partial charge is 0.186 e. The van der Waals surface area contributed by atoms with Crippen molar-refractivity contribution in [2.24, 2.45) is 0 Å². The number of aromatic nitrogens is 2. The minimum absolute atomic E-state index is 0.350. The van der Waals surface area contributed by atoms with Crippen LogP contribution in [-0.2, 0) is 0 Å². The fraction of sp³-hybridized carbons (Fsp3) is 0.0833. The highest BCUT2D eigenvalue weighted by Crippen LogP contribution is 2.31. The Morgan fingerprint density at radius 1 is 1.29 bits per heavy atom. The largest absolute Gasteiger partial charge is 0.451 e. The number of rotatable bonds is 2. The quantitative estimate of drug-likeness (QED) is 0.509. The Bertz CT molecular complexity index is 729. The van der Waals surface area contributed by atoms with Crippen LogP contribution in [0.25, 0.3) is 22.1 Å². The Hall–Kier alpha value is -2.06. The molecule has 2 aromatic heterocycles. The molecule has 0 N–H and O–H groups in total. The van der Waals surface area contributed by atoms with Crippen molar-refractivity contribution in [3.8, 4) is 6.07 Å². The molecule has 3 rings (SSSR count). The molecular formula is C12H7N3OS. The van der Waals surface area contributed by atoms with Gasteiger partial charge in [0.25, 0.3) is 0 Å². The van der Waals surface area contributed by atoms with Gasteiger partial charge in [0.1, 0.15) is 22.5 Å². The summed E-state index contributed by atoms with van der Waals surface area (Å²) in [5.41, 5.74) is 2.26. The Morgan fingerprint density at radius 2 is 2.18 bits per heavy atom. The van der Waals surface area contributed by atoms with Gasteiger partial charge in [-0.15, -0.1) is 0 Å². The minimum atomic E-state index is 0.350. The molecular weight excluding hydrogens is 234 g/mol. The first-order valence-corrected chi connectivity index (χ1v) is 6.00. The number of hydrogen-bond acceptors (Lipinski definition) is 5. The zero-order valence-corrected chi connectivity index (χ0v) is 9.57. The third-order valence-corrected chi connectivity index (χ3v) is 3.24. The van der Waals surface area contributed by atoms with E-state index in [1.165, 1.54) is 18.1 Å². The van der Waals surface area contributed by atoms with Crippen molar-refractivity contribution in [2.75, 3.05) is 5.75 Å². The fourth-order valence-electron chi connectivity index (χ4n) is 1.71. The molecule has 3 aromatic rings. The van der Waals surface area contributed by atoms with Gasteiger partial charge >= 0.3 is 0 Å². The van der Waals surface area contributed by atoms with Crippen LogP contribution in [0.2, 0.25) is 0 Å². The second kappa shape index (κ2) is 4.07. The summed E-state index contributed by atoms with van der Waals surface area (Å²) >= 11 is 1.36. The van der Waals surface area contributed by atoms with Crippen LogP contribution in [0, 0.1) is 11.3 Å². The normalized spacial score (nSPS) is 10.8. The molecule has 0 aliphatic heterocycles. The summed E-state index contributed by atoms with van der Waals surface area (Å²) in [5, 5.41) is 10.3. The molecule has 2 heterocycles. The van der Waals surface area contributed by atoms with Crippen molar-refractivity contribution >= 4 is 33.8 Å². The number of fused-ring (bicyclic) bond motifs is 3. The van der Waals surface area contributed by atoms with Gasteiger partial charge in [-0.1, -0.05) is 23.9 Å². The first-order chi connectivity index (χ1) is 8.40. The molecule has 82 valence electrons. The van der Waals surface area contributed by atoms with E-state index in [2.05, 4.69) is 16.0 Å². The van der Waals surface area contributed by atoms with Crippen LogP contribution >= 0.6 is 11.8 Å². The minimum Gasteiger partial charge on any atom is -0.451 e. The molecule has 0 aliphatic rings. The molecule has 0 fully saturated rings. The Balaban J connectivity index is 2.28. The lowest BCUT2D eigenvalue weighted by Gasteiger charge is -1.95. The van der Waals surface area contributed by atoms with Crippen molar-refractivity contribution in [3.63, 3.8) is 0 Å². The number of hydrogen-bond donors (Lipinski definition) is 0. The average Bonchev–Trinajstić information content (AvgIpc) is 2.75. The molecule has 0 amide bonds. The second-order valence-corrected chi connectivity index (χ2v) is 4.37. The maximum atomic E-state index is 8.59. The molecule has 0 saturated heterocycles. The molecule has 4 nitrogen and oxygen atoms in total. The van der Waals surface area contributed by atoms with E-state index in [9.17, 15) is 0 Å². The third-order valence-electron chi connectivity index (χ3n) is 2.40. The Morgan fingerprint density at radius 3 is 3.06 bits per heavy atom. The van der Waals surface area contributed by atoms with E-state index in [0.717, 1.165) is 16.5 Å². The monoisotopic (exact) mass is 241 g/mol. The van der Waals surface area contributed by atoms with Gasteiger partial charge in [0.15, 0.2) is 5.58 Å². The van der Waals surface area contributed by atoms with Gasteiger partial charge in [0.2, 0.25) is 0 Å². The second-order valence-electron chi connectivity index (χ2n) is 3.40. The standard InChI is InChI=1S/C12H7N3OS/c13-5-6-17-12-11-10(14-7-15-12)8-3-1-2-4-9(8)16-11/h1-4,7H,6H2. The SMILES string of the molecule is N#CCSc1ncnc2c1oc1ccccc12. The Labute approximate surface area is 101 Å². The highest BCUT2D eigenvalue weighted by atomic mass is 32.2. The first-order valence-electron chi connectivity index (χ1n) is 5.02. The van der Waals surface area contributed by atoms with E-state index >= 15 is 0 Å². The van der Waals surface area contributed by atoms with E-state index in [4.69, 9.17) is 9.68 Å². The summed E-state index contributed by atoms with van der Waals surface area (Å²) in [5.74, 6) is 0.350. The third kappa shape index (κ3) is 1.63. The van der Waals surface area contributed by atoms with Crippen molar-refractivity contribution < 1.29 is 4.42 Å². The summed E-state index contributed by atoms with van der Waals surface area (Å²) in [6.45, 7) is 0. The maximum Gasteiger partial charge on any atom is 0.186 e. The first kappa shape index (κ1) is 10.1. The van der Waals surface area contributed by atoms with E-state index in [1.54, 1.807) is 0 Å². The van der Waals surface area contributed by atoms with Crippen LogP contribution in [0.1, 0.15) is 0 Å². The Kier molecular flexibility index (Phi) is 2.42. The highest BCUT2D eigenvalue weighted by molar-refractivity contribution is 7.99. The summed E-state index contributed by atoms with van der Waals surface area (Å²) in [6, 6.07) is 9.80. The summed E-state index contributed by atoms with van der Waals surface area (Å²) in [7, 11) is 0. The van der Waals surface area contributed by atoms with E-state index in [0.29, 0.717) is 16.4 Å². The molecule has 0 spiro atoms. The van der Waals surface area contributed by atoms with Crippen LogP contribution in [0.3, 0.4) is 0 Å². The molecule has 0 aliphatic carbocycles. The molecule has 0 radical (unpaired) electrons. The number of furan rings is 1. The predicted molar refractivity (Wildman–Crippen MR) is 65.6 cm³/mol. The van der Waals surface area contributed by atoms with Crippen molar-refractivity contribution in [3.05, 3.63) is 30.6 Å². The molecule has 17 heavy (non-hydrogen) atoms. The fourth-order valence-corrected chi connectivity index (χ4v) is 2.30. The van der Waals surface area contributed by atoms with Gasteiger partial charge in [0.05, 0.1) is 11.8 Å². The lowest BCUT2D eigenvalue weighted by Crippen LogP contribution is -1.84. The number of para-hydroxylation sites is 1. The van der Waals surface area contributed by atoms with Crippen LogP contribution < -0.4 is 0 Å². The van der Waals surface area contributed by atoms with Gasteiger partial charge in [-0.2, -0.15) is 5.26 Å². The summed E-state index contributed by atoms with van der Waals surface area (Å²) in [4.78, 5) is 8.38. The van der Waals surface area contributed by atoms with Gasteiger partial charge < -0.3 is 4.42 Å². The summed E-state index contributed by atoms with van der Waals surface area (Å²) < 4.78 is 5.73. The van der Waals surface area contributed by atoms with Crippen molar-refractivity contribution in [1.82, 2.24) is 9.97 Å². The van der Waals surface area contributed by atoms with Gasteiger partial charge in [-0.05, 0) is 12.1 Å². The zero-order chi connectivity index (χ0) is 11.7.